The molecule has 118 valence electrons. The molecule has 3 nitrogen and oxygen atoms in total. The molecule has 2 aliphatic rings. The predicted octanol–water partition coefficient (Wildman–Crippen LogP) is 2.64. The maximum atomic E-state index is 9.15. The molecule has 1 aliphatic carbocycles. The summed E-state index contributed by atoms with van der Waals surface area (Å²) in [6.45, 7) is 7.48. The summed E-state index contributed by atoms with van der Waals surface area (Å²) in [5.74, 6) is 1.57. The van der Waals surface area contributed by atoms with E-state index in [-0.39, 0.29) is 0 Å². The van der Waals surface area contributed by atoms with E-state index in [1.54, 1.807) is 0 Å². The highest BCUT2D eigenvalue weighted by Gasteiger charge is 2.27. The second-order valence-corrected chi connectivity index (χ2v) is 6.84. The van der Waals surface area contributed by atoms with Crippen LogP contribution in [0.2, 0.25) is 0 Å². The van der Waals surface area contributed by atoms with E-state index in [0.717, 1.165) is 30.8 Å². The smallest absolute Gasteiger partial charge is 0.0434 e. The van der Waals surface area contributed by atoms with E-state index in [1.807, 2.05) is 0 Å². The monoisotopic (exact) mass is 282 g/mol. The Morgan fingerprint density at radius 1 is 1.10 bits per heavy atom. The highest BCUT2D eigenvalue weighted by atomic mass is 16.3. The molecule has 1 aliphatic heterocycles. The molecule has 1 heterocycles. The number of nitrogens with zero attached hydrogens (tertiary/aromatic N) is 1. The van der Waals surface area contributed by atoms with Gasteiger partial charge in [-0.2, -0.15) is 0 Å². The molecule has 1 saturated carbocycles. The van der Waals surface area contributed by atoms with Crippen LogP contribution in [0.25, 0.3) is 0 Å². The zero-order chi connectivity index (χ0) is 14.2. The van der Waals surface area contributed by atoms with Crippen LogP contribution in [0.15, 0.2) is 0 Å². The largest absolute Gasteiger partial charge is 0.396 e. The van der Waals surface area contributed by atoms with Crippen molar-refractivity contribution >= 4 is 0 Å². The lowest BCUT2D eigenvalue weighted by molar-refractivity contribution is 0.119. The molecule has 2 N–H and O–H groups in total. The van der Waals surface area contributed by atoms with E-state index in [2.05, 4.69) is 17.1 Å². The van der Waals surface area contributed by atoms with E-state index >= 15 is 0 Å². The minimum absolute atomic E-state index is 0.363. The van der Waals surface area contributed by atoms with Crippen LogP contribution in [-0.4, -0.2) is 48.8 Å². The van der Waals surface area contributed by atoms with Gasteiger partial charge in [-0.15, -0.1) is 0 Å². The fourth-order valence-corrected chi connectivity index (χ4v) is 4.20. The Hall–Kier alpha value is -0.120. The first kappa shape index (κ1) is 16.3. The van der Waals surface area contributed by atoms with Gasteiger partial charge >= 0.3 is 0 Å². The molecule has 0 aromatic carbocycles. The highest BCUT2D eigenvalue weighted by Crippen LogP contribution is 2.27. The fraction of sp³-hybridized carbons (Fsp3) is 1.00. The Morgan fingerprint density at radius 3 is 2.75 bits per heavy atom. The normalized spacial score (nSPS) is 33.0. The van der Waals surface area contributed by atoms with Crippen molar-refractivity contribution in [3.63, 3.8) is 0 Å². The summed E-state index contributed by atoms with van der Waals surface area (Å²) in [5, 5.41) is 12.9. The lowest BCUT2D eigenvalue weighted by atomic mass is 9.90. The van der Waals surface area contributed by atoms with Gasteiger partial charge in [0.2, 0.25) is 0 Å². The second-order valence-electron chi connectivity index (χ2n) is 6.84. The summed E-state index contributed by atoms with van der Waals surface area (Å²) >= 11 is 0. The van der Waals surface area contributed by atoms with E-state index in [9.17, 15) is 0 Å². The molecule has 1 saturated heterocycles. The molecular weight excluding hydrogens is 248 g/mol. The molecule has 2 rings (SSSR count). The molecule has 20 heavy (non-hydrogen) atoms. The summed E-state index contributed by atoms with van der Waals surface area (Å²) in [4.78, 5) is 2.68. The number of aliphatic hydroxyl groups is 1. The Balaban J connectivity index is 1.85. The Kier molecular flexibility index (Phi) is 7.32. The van der Waals surface area contributed by atoms with Crippen LogP contribution in [0.1, 0.15) is 58.3 Å². The number of aliphatic hydroxyl groups excluding tert-OH is 1. The van der Waals surface area contributed by atoms with Gasteiger partial charge in [0.05, 0.1) is 0 Å². The van der Waals surface area contributed by atoms with Gasteiger partial charge in [-0.3, -0.25) is 0 Å². The predicted molar refractivity (Wildman–Crippen MR) is 84.9 cm³/mol. The summed E-state index contributed by atoms with van der Waals surface area (Å²) in [6, 6.07) is 0.737. The SMILES string of the molecule is CCNC1CCCCCC1CN1CCCC(CCO)C1. The molecule has 0 aromatic rings. The number of nitrogens with one attached hydrogen (secondary N) is 1. The molecule has 2 fully saturated rings. The lowest BCUT2D eigenvalue weighted by Crippen LogP contribution is -2.45. The quantitative estimate of drug-likeness (QED) is 0.735. The molecule has 0 amide bonds. The van der Waals surface area contributed by atoms with Crippen molar-refractivity contribution in [2.45, 2.75) is 64.3 Å². The van der Waals surface area contributed by atoms with Gasteiger partial charge in [0.15, 0.2) is 0 Å². The standard InChI is InChI=1S/C17H34N2O/c1-2-18-17-9-5-3-4-8-16(17)14-19-11-6-7-15(13-19)10-12-20/h15-18,20H,2-14H2,1H3. The van der Waals surface area contributed by atoms with Crippen molar-refractivity contribution in [3.05, 3.63) is 0 Å². The topological polar surface area (TPSA) is 35.5 Å². The number of likely N-dealkylation sites (tertiary alicyclic amines) is 1. The van der Waals surface area contributed by atoms with E-state index in [4.69, 9.17) is 5.11 Å². The van der Waals surface area contributed by atoms with Crippen LogP contribution in [-0.2, 0) is 0 Å². The minimum Gasteiger partial charge on any atom is -0.396 e. The van der Waals surface area contributed by atoms with Crippen LogP contribution in [0.5, 0.6) is 0 Å². The maximum Gasteiger partial charge on any atom is 0.0434 e. The third-order valence-corrected chi connectivity index (χ3v) is 5.26. The fourth-order valence-electron chi connectivity index (χ4n) is 4.20. The number of hydrogen-bond acceptors (Lipinski definition) is 3. The van der Waals surface area contributed by atoms with Crippen LogP contribution in [0, 0.1) is 11.8 Å². The number of piperidine rings is 1. The molecule has 0 radical (unpaired) electrons. The first-order chi connectivity index (χ1) is 9.83. The van der Waals surface area contributed by atoms with E-state index < -0.39 is 0 Å². The third-order valence-electron chi connectivity index (χ3n) is 5.26. The summed E-state index contributed by atoms with van der Waals surface area (Å²) in [5.41, 5.74) is 0. The van der Waals surface area contributed by atoms with Crippen molar-refractivity contribution in [3.8, 4) is 0 Å². The van der Waals surface area contributed by atoms with Gasteiger partial charge in [-0.05, 0) is 57.0 Å². The summed E-state index contributed by atoms with van der Waals surface area (Å²) in [7, 11) is 0. The molecule has 3 unspecified atom stereocenters. The Morgan fingerprint density at radius 2 is 1.95 bits per heavy atom. The van der Waals surface area contributed by atoms with Crippen LogP contribution in [0.4, 0.5) is 0 Å². The molecule has 0 spiro atoms. The van der Waals surface area contributed by atoms with Crippen LogP contribution in [0.3, 0.4) is 0 Å². The summed E-state index contributed by atoms with van der Waals surface area (Å²) in [6.07, 6.45) is 10.7. The van der Waals surface area contributed by atoms with Crippen molar-refractivity contribution in [1.29, 1.82) is 0 Å². The van der Waals surface area contributed by atoms with Crippen molar-refractivity contribution in [2.75, 3.05) is 32.8 Å². The molecule has 0 aromatic heterocycles. The molecule has 3 atom stereocenters. The Labute approximate surface area is 125 Å². The van der Waals surface area contributed by atoms with Crippen LogP contribution < -0.4 is 5.32 Å². The minimum atomic E-state index is 0.363. The van der Waals surface area contributed by atoms with Crippen molar-refractivity contribution in [1.82, 2.24) is 10.2 Å². The molecule has 3 heteroatoms. The third kappa shape index (κ3) is 5.01. The maximum absolute atomic E-state index is 9.15. The van der Waals surface area contributed by atoms with Gasteiger partial charge in [-0.25, -0.2) is 0 Å². The molecular formula is C17H34N2O. The van der Waals surface area contributed by atoms with E-state index in [0.29, 0.717) is 6.61 Å². The molecule has 0 bridgehead atoms. The second kappa shape index (κ2) is 9.01. The average molecular weight is 282 g/mol. The summed E-state index contributed by atoms with van der Waals surface area (Å²) < 4.78 is 0. The van der Waals surface area contributed by atoms with Crippen molar-refractivity contribution in [2.24, 2.45) is 11.8 Å². The lowest BCUT2D eigenvalue weighted by Gasteiger charge is -2.37. The average Bonchev–Trinajstić information content (AvgIpc) is 2.66. The first-order valence-electron chi connectivity index (χ1n) is 8.90. The van der Waals surface area contributed by atoms with Gasteiger partial charge < -0.3 is 15.3 Å². The van der Waals surface area contributed by atoms with E-state index in [1.165, 1.54) is 64.6 Å². The van der Waals surface area contributed by atoms with Gasteiger partial charge in [-0.1, -0.05) is 26.2 Å². The van der Waals surface area contributed by atoms with Crippen molar-refractivity contribution < 1.29 is 5.11 Å². The highest BCUT2D eigenvalue weighted by molar-refractivity contribution is 4.83. The van der Waals surface area contributed by atoms with Gasteiger partial charge in [0.1, 0.15) is 0 Å². The first-order valence-corrected chi connectivity index (χ1v) is 8.90. The van der Waals surface area contributed by atoms with Gasteiger partial charge in [0, 0.05) is 25.7 Å². The Bertz CT molecular complexity index is 257. The number of hydrogen-bond donors (Lipinski definition) is 2. The zero-order valence-electron chi connectivity index (χ0n) is 13.3. The van der Waals surface area contributed by atoms with Gasteiger partial charge in [0.25, 0.3) is 0 Å². The number of rotatable bonds is 6. The van der Waals surface area contributed by atoms with Crippen LogP contribution >= 0.6 is 0 Å². The zero-order valence-corrected chi connectivity index (χ0v) is 13.3.